The quantitative estimate of drug-likeness (QED) is 0.754. The van der Waals surface area contributed by atoms with Crippen molar-refractivity contribution in [1.82, 2.24) is 4.90 Å². The zero-order valence-corrected chi connectivity index (χ0v) is 12.0. The highest BCUT2D eigenvalue weighted by atomic mass is 16.5. The minimum atomic E-state index is 0.0826. The second-order valence-electron chi connectivity index (χ2n) is 7.12. The molecule has 3 rings (SSSR count). The first-order valence-corrected chi connectivity index (χ1v) is 7.38. The first-order chi connectivity index (χ1) is 8.43. The Morgan fingerprint density at radius 3 is 2.56 bits per heavy atom. The van der Waals surface area contributed by atoms with E-state index in [1.807, 2.05) is 6.92 Å². The molecule has 3 nitrogen and oxygen atoms in total. The Morgan fingerprint density at radius 1 is 1.28 bits per heavy atom. The van der Waals surface area contributed by atoms with E-state index in [2.05, 4.69) is 25.7 Å². The third kappa shape index (κ3) is 1.67. The van der Waals surface area contributed by atoms with Crippen molar-refractivity contribution < 1.29 is 9.53 Å². The molecule has 3 saturated heterocycles. The molecule has 2 bridgehead atoms. The summed E-state index contributed by atoms with van der Waals surface area (Å²) in [5, 5.41) is 0. The van der Waals surface area contributed by atoms with E-state index in [0.717, 1.165) is 13.0 Å². The highest BCUT2D eigenvalue weighted by Crippen LogP contribution is 2.51. The third-order valence-corrected chi connectivity index (χ3v) is 5.13. The molecule has 3 aliphatic rings. The Morgan fingerprint density at radius 2 is 1.94 bits per heavy atom. The van der Waals surface area contributed by atoms with E-state index in [0.29, 0.717) is 36.2 Å². The summed E-state index contributed by atoms with van der Waals surface area (Å²) >= 11 is 0. The fraction of sp³-hybridized carbons (Fsp3) is 0.933. The van der Waals surface area contributed by atoms with Gasteiger partial charge in [0, 0.05) is 30.3 Å². The lowest BCUT2D eigenvalue weighted by Crippen LogP contribution is -2.51. The Labute approximate surface area is 110 Å². The first-order valence-electron chi connectivity index (χ1n) is 7.38. The number of nitrogens with zero attached hydrogens (tertiary/aromatic N) is 1. The second-order valence-corrected chi connectivity index (χ2v) is 7.12. The molecule has 0 aromatic heterocycles. The van der Waals surface area contributed by atoms with Gasteiger partial charge in [0.05, 0.1) is 18.2 Å². The van der Waals surface area contributed by atoms with Gasteiger partial charge in [-0.05, 0) is 33.6 Å². The van der Waals surface area contributed by atoms with Crippen molar-refractivity contribution in [1.29, 1.82) is 0 Å². The van der Waals surface area contributed by atoms with E-state index >= 15 is 0 Å². The summed E-state index contributed by atoms with van der Waals surface area (Å²) in [6, 6.07) is 0.107. The van der Waals surface area contributed by atoms with Crippen molar-refractivity contribution >= 4 is 5.78 Å². The smallest absolute Gasteiger partial charge is 0.150 e. The molecule has 3 heterocycles. The summed E-state index contributed by atoms with van der Waals surface area (Å²) in [5.74, 6) is 1.48. The van der Waals surface area contributed by atoms with E-state index in [-0.39, 0.29) is 11.6 Å². The normalized spacial score (nSPS) is 43.4. The van der Waals surface area contributed by atoms with Crippen LogP contribution in [0.15, 0.2) is 0 Å². The van der Waals surface area contributed by atoms with E-state index < -0.39 is 0 Å². The van der Waals surface area contributed by atoms with Crippen LogP contribution >= 0.6 is 0 Å². The van der Waals surface area contributed by atoms with Gasteiger partial charge in [0.2, 0.25) is 0 Å². The monoisotopic (exact) mass is 251 g/mol. The maximum atomic E-state index is 12.4. The predicted molar refractivity (Wildman–Crippen MR) is 70.4 cm³/mol. The van der Waals surface area contributed by atoms with Gasteiger partial charge in [-0.1, -0.05) is 6.92 Å². The summed E-state index contributed by atoms with van der Waals surface area (Å²) in [5.41, 5.74) is 0.0826. The number of rotatable bonds is 2. The van der Waals surface area contributed by atoms with Crippen LogP contribution in [0, 0.1) is 11.8 Å². The number of carbonyl (C=O) groups excluding carboxylic acids is 1. The van der Waals surface area contributed by atoms with Gasteiger partial charge in [-0.2, -0.15) is 0 Å². The Balaban J connectivity index is 1.92. The van der Waals surface area contributed by atoms with Crippen molar-refractivity contribution in [3.05, 3.63) is 0 Å². The van der Waals surface area contributed by atoms with Crippen LogP contribution in [-0.2, 0) is 9.53 Å². The molecule has 3 aliphatic heterocycles. The Hall–Kier alpha value is -0.410. The van der Waals surface area contributed by atoms with Crippen LogP contribution in [0.4, 0.5) is 0 Å². The molecule has 0 N–H and O–H groups in total. The van der Waals surface area contributed by atoms with E-state index in [1.165, 1.54) is 6.42 Å². The molecule has 5 unspecified atom stereocenters. The second kappa shape index (κ2) is 4.04. The lowest BCUT2D eigenvalue weighted by Gasteiger charge is -2.38. The molecule has 3 fully saturated rings. The molecule has 0 aromatic rings. The third-order valence-electron chi connectivity index (χ3n) is 5.13. The molecule has 18 heavy (non-hydrogen) atoms. The van der Waals surface area contributed by atoms with Crippen molar-refractivity contribution in [3.63, 3.8) is 0 Å². The highest BCUT2D eigenvalue weighted by Gasteiger charge is 2.60. The van der Waals surface area contributed by atoms with Crippen LogP contribution in [0.25, 0.3) is 0 Å². The number of ether oxygens (including phenoxy) is 1. The van der Waals surface area contributed by atoms with Gasteiger partial charge in [0.1, 0.15) is 5.78 Å². The topological polar surface area (TPSA) is 29.5 Å². The number of Topliss-reactive ketones (excluding diaryl/α,β-unsaturated/α-hetero) is 1. The van der Waals surface area contributed by atoms with Crippen LogP contribution in [0.2, 0.25) is 0 Å². The van der Waals surface area contributed by atoms with Crippen molar-refractivity contribution in [2.45, 2.75) is 70.7 Å². The molecule has 0 aliphatic carbocycles. The molecular formula is C15H25NO2. The van der Waals surface area contributed by atoms with Crippen molar-refractivity contribution in [3.8, 4) is 0 Å². The largest absolute Gasteiger partial charge is 0.374 e. The van der Waals surface area contributed by atoms with E-state index in [9.17, 15) is 4.79 Å². The fourth-order valence-corrected chi connectivity index (χ4v) is 4.32. The summed E-state index contributed by atoms with van der Waals surface area (Å²) < 4.78 is 6.05. The number of hydrogen-bond acceptors (Lipinski definition) is 3. The molecule has 0 spiro atoms. The van der Waals surface area contributed by atoms with Gasteiger partial charge >= 0.3 is 0 Å². The molecule has 5 atom stereocenters. The highest BCUT2D eigenvalue weighted by molar-refractivity contribution is 5.84. The predicted octanol–water partition coefficient (Wildman–Crippen LogP) is 2.24. The van der Waals surface area contributed by atoms with Crippen LogP contribution < -0.4 is 0 Å². The summed E-state index contributed by atoms with van der Waals surface area (Å²) in [7, 11) is 0. The molecule has 102 valence electrons. The molecule has 0 aromatic carbocycles. The van der Waals surface area contributed by atoms with Gasteiger partial charge in [-0.3, -0.25) is 9.69 Å². The minimum Gasteiger partial charge on any atom is -0.374 e. The van der Waals surface area contributed by atoms with Gasteiger partial charge in [0.25, 0.3) is 0 Å². The molecule has 0 radical (unpaired) electrons. The van der Waals surface area contributed by atoms with Gasteiger partial charge < -0.3 is 4.74 Å². The number of ketones is 1. The van der Waals surface area contributed by atoms with Crippen molar-refractivity contribution in [2.24, 2.45) is 11.8 Å². The lowest BCUT2D eigenvalue weighted by atomic mass is 9.77. The SMILES string of the molecule is CCC(=O)C1C2C3CCC(O3)C2CN1C(C)(C)C. The van der Waals surface area contributed by atoms with Crippen LogP contribution in [0.1, 0.15) is 47.0 Å². The standard InChI is InChI=1S/C15H25NO2/c1-5-10(17)14-13-9(8-16(14)15(2,3)4)11-6-7-12(13)18-11/h9,11-14H,5-8H2,1-4H3. The number of fused-ring (bicyclic) bond motifs is 5. The zero-order valence-electron chi connectivity index (χ0n) is 12.0. The average molecular weight is 251 g/mol. The van der Waals surface area contributed by atoms with Crippen molar-refractivity contribution in [2.75, 3.05) is 6.54 Å². The minimum absolute atomic E-state index is 0.0826. The van der Waals surface area contributed by atoms with Crippen LogP contribution in [0.5, 0.6) is 0 Å². The molecule has 0 saturated carbocycles. The summed E-state index contributed by atoms with van der Waals surface area (Å²) in [6.07, 6.45) is 3.80. The van der Waals surface area contributed by atoms with E-state index in [4.69, 9.17) is 4.74 Å². The number of carbonyl (C=O) groups is 1. The average Bonchev–Trinajstić information content (AvgIpc) is 2.96. The zero-order chi connectivity index (χ0) is 13.1. The molecular weight excluding hydrogens is 226 g/mol. The maximum absolute atomic E-state index is 12.4. The Bertz CT molecular complexity index is 358. The van der Waals surface area contributed by atoms with Crippen LogP contribution in [0.3, 0.4) is 0 Å². The van der Waals surface area contributed by atoms with E-state index in [1.54, 1.807) is 0 Å². The number of likely N-dealkylation sites (tertiary alicyclic amines) is 1. The van der Waals surface area contributed by atoms with Crippen LogP contribution in [-0.4, -0.2) is 41.0 Å². The maximum Gasteiger partial charge on any atom is 0.150 e. The fourth-order valence-electron chi connectivity index (χ4n) is 4.32. The summed E-state index contributed by atoms with van der Waals surface area (Å²) in [4.78, 5) is 14.8. The lowest BCUT2D eigenvalue weighted by molar-refractivity contribution is -0.127. The van der Waals surface area contributed by atoms with Gasteiger partial charge in [-0.25, -0.2) is 0 Å². The Kier molecular flexibility index (Phi) is 2.83. The molecule has 0 amide bonds. The number of hydrogen-bond donors (Lipinski definition) is 0. The van der Waals surface area contributed by atoms with Gasteiger partial charge in [0.15, 0.2) is 0 Å². The molecule has 3 heteroatoms. The first kappa shape index (κ1) is 12.6. The summed E-state index contributed by atoms with van der Waals surface area (Å²) in [6.45, 7) is 9.72. The van der Waals surface area contributed by atoms with Gasteiger partial charge in [-0.15, -0.1) is 0 Å².